The average Bonchev–Trinajstić information content (AvgIpc) is 2.99. The highest BCUT2D eigenvalue weighted by molar-refractivity contribution is 7.89. The molecule has 0 spiro atoms. The molecule has 0 saturated carbocycles. The Kier molecular flexibility index (Phi) is 4.46. The van der Waals surface area contributed by atoms with E-state index in [0.29, 0.717) is 4.90 Å². The van der Waals surface area contributed by atoms with Gasteiger partial charge in [0, 0.05) is 7.05 Å². The number of thiazole rings is 1. The Hall–Kier alpha value is -1.76. The van der Waals surface area contributed by atoms with Crippen LogP contribution in [0.5, 0.6) is 0 Å². The van der Waals surface area contributed by atoms with Crippen molar-refractivity contribution in [3.8, 4) is 0 Å². The number of nitrogens with zero attached hydrogens (tertiary/aromatic N) is 2. The summed E-state index contributed by atoms with van der Waals surface area (Å²) in [5, 5.41) is 0.799. The summed E-state index contributed by atoms with van der Waals surface area (Å²) >= 11 is 1.54. The van der Waals surface area contributed by atoms with Gasteiger partial charge in [-0.25, -0.2) is 13.4 Å². The third-order valence-electron chi connectivity index (χ3n) is 4.21. The van der Waals surface area contributed by atoms with Crippen LogP contribution in [0.4, 0.5) is 0 Å². The van der Waals surface area contributed by atoms with Gasteiger partial charge in [-0.2, -0.15) is 4.31 Å². The van der Waals surface area contributed by atoms with Crippen LogP contribution in [0, 0.1) is 13.8 Å². The molecule has 24 heavy (non-hydrogen) atoms. The SMILES string of the molecule is Cc1ccc(C)c(S(=O)(=O)N(C)[C@@H](C)c2nc3ccccc3s2)c1. The minimum atomic E-state index is -3.58. The number of para-hydroxylation sites is 1. The van der Waals surface area contributed by atoms with Crippen LogP contribution in [0.2, 0.25) is 0 Å². The molecule has 1 aromatic heterocycles. The highest BCUT2D eigenvalue weighted by Gasteiger charge is 2.29. The van der Waals surface area contributed by atoms with Crippen molar-refractivity contribution in [2.24, 2.45) is 0 Å². The van der Waals surface area contributed by atoms with E-state index in [2.05, 4.69) is 4.98 Å². The maximum Gasteiger partial charge on any atom is 0.243 e. The maximum absolute atomic E-state index is 13.0. The maximum atomic E-state index is 13.0. The second-order valence-corrected chi connectivity index (χ2v) is 9.01. The van der Waals surface area contributed by atoms with Gasteiger partial charge in [-0.3, -0.25) is 0 Å². The average molecular weight is 361 g/mol. The fraction of sp³-hybridized carbons (Fsp3) is 0.278. The first-order chi connectivity index (χ1) is 11.3. The van der Waals surface area contributed by atoms with Gasteiger partial charge >= 0.3 is 0 Å². The largest absolute Gasteiger partial charge is 0.243 e. The number of hydrogen-bond donors (Lipinski definition) is 0. The van der Waals surface area contributed by atoms with Crippen molar-refractivity contribution in [3.05, 3.63) is 58.6 Å². The van der Waals surface area contributed by atoms with E-state index in [0.717, 1.165) is 26.4 Å². The first-order valence-corrected chi connectivity index (χ1v) is 9.97. The molecule has 0 bridgehead atoms. The molecule has 0 amide bonds. The summed E-state index contributed by atoms with van der Waals surface area (Å²) in [6.07, 6.45) is 0. The molecule has 1 heterocycles. The quantitative estimate of drug-likeness (QED) is 0.697. The van der Waals surface area contributed by atoms with Gasteiger partial charge in [0.05, 0.1) is 21.2 Å². The fourth-order valence-electron chi connectivity index (χ4n) is 2.57. The topological polar surface area (TPSA) is 50.3 Å². The number of rotatable bonds is 4. The Labute approximate surface area is 146 Å². The van der Waals surface area contributed by atoms with E-state index in [9.17, 15) is 8.42 Å². The summed E-state index contributed by atoms with van der Waals surface area (Å²) in [5.74, 6) is 0. The lowest BCUT2D eigenvalue weighted by Gasteiger charge is -2.23. The van der Waals surface area contributed by atoms with Crippen LogP contribution >= 0.6 is 11.3 Å². The highest BCUT2D eigenvalue weighted by atomic mass is 32.2. The predicted molar refractivity (Wildman–Crippen MR) is 98.9 cm³/mol. The smallest absolute Gasteiger partial charge is 0.239 e. The van der Waals surface area contributed by atoms with Crippen molar-refractivity contribution in [2.45, 2.75) is 31.7 Å². The molecule has 0 aliphatic rings. The molecular weight excluding hydrogens is 340 g/mol. The van der Waals surface area contributed by atoms with Crippen LogP contribution < -0.4 is 0 Å². The molecule has 3 rings (SSSR count). The number of benzene rings is 2. The first-order valence-electron chi connectivity index (χ1n) is 7.71. The lowest BCUT2D eigenvalue weighted by molar-refractivity contribution is 0.397. The molecule has 6 heteroatoms. The van der Waals surface area contributed by atoms with Gasteiger partial charge in [0.25, 0.3) is 0 Å². The van der Waals surface area contributed by atoms with Crippen molar-refractivity contribution in [2.75, 3.05) is 7.05 Å². The number of sulfonamides is 1. The van der Waals surface area contributed by atoms with Crippen LogP contribution in [0.15, 0.2) is 47.4 Å². The molecule has 1 atom stereocenters. The van der Waals surface area contributed by atoms with E-state index < -0.39 is 10.0 Å². The minimum absolute atomic E-state index is 0.327. The lowest BCUT2D eigenvalue weighted by Crippen LogP contribution is -2.30. The molecule has 0 aliphatic carbocycles. The summed E-state index contributed by atoms with van der Waals surface area (Å²) in [6.45, 7) is 5.60. The van der Waals surface area contributed by atoms with E-state index in [4.69, 9.17) is 0 Å². The van der Waals surface area contributed by atoms with E-state index in [1.807, 2.05) is 57.2 Å². The van der Waals surface area contributed by atoms with Crippen LogP contribution in [0.25, 0.3) is 10.2 Å². The zero-order valence-electron chi connectivity index (χ0n) is 14.1. The number of aryl methyl sites for hydroxylation is 2. The second kappa shape index (κ2) is 6.27. The van der Waals surface area contributed by atoms with Gasteiger partial charge < -0.3 is 0 Å². The van der Waals surface area contributed by atoms with E-state index in [1.165, 1.54) is 15.6 Å². The van der Waals surface area contributed by atoms with Crippen molar-refractivity contribution in [1.82, 2.24) is 9.29 Å². The standard InChI is InChI=1S/C18H20N2O2S2/c1-12-9-10-13(2)17(11-12)24(21,22)20(4)14(3)18-19-15-7-5-6-8-16(15)23-18/h5-11,14H,1-4H3/t14-/m0/s1. The summed E-state index contributed by atoms with van der Waals surface area (Å²) in [6, 6.07) is 13.0. The van der Waals surface area contributed by atoms with Crippen LogP contribution in [0.1, 0.15) is 29.1 Å². The van der Waals surface area contributed by atoms with Crippen LogP contribution in [0.3, 0.4) is 0 Å². The van der Waals surface area contributed by atoms with Gasteiger partial charge in [0.1, 0.15) is 5.01 Å². The minimum Gasteiger partial charge on any atom is -0.239 e. The molecule has 0 saturated heterocycles. The Morgan fingerprint density at radius 1 is 1.12 bits per heavy atom. The van der Waals surface area contributed by atoms with E-state index in [-0.39, 0.29) is 6.04 Å². The van der Waals surface area contributed by atoms with E-state index >= 15 is 0 Å². The molecule has 0 unspecified atom stereocenters. The second-order valence-electron chi connectivity index (χ2n) is 5.99. The van der Waals surface area contributed by atoms with E-state index in [1.54, 1.807) is 13.1 Å². The molecule has 126 valence electrons. The summed E-state index contributed by atoms with van der Waals surface area (Å²) in [5.41, 5.74) is 2.59. The first kappa shape index (κ1) is 17.1. The Morgan fingerprint density at radius 3 is 2.54 bits per heavy atom. The van der Waals surface area contributed by atoms with Gasteiger partial charge in [0.15, 0.2) is 0 Å². The molecule has 3 aromatic rings. The monoisotopic (exact) mass is 360 g/mol. The van der Waals surface area contributed by atoms with Crippen molar-refractivity contribution in [1.29, 1.82) is 0 Å². The third kappa shape index (κ3) is 2.97. The summed E-state index contributed by atoms with van der Waals surface area (Å²) < 4.78 is 28.6. The number of hydrogen-bond acceptors (Lipinski definition) is 4. The molecule has 0 radical (unpaired) electrons. The van der Waals surface area contributed by atoms with Crippen molar-refractivity contribution in [3.63, 3.8) is 0 Å². The summed E-state index contributed by atoms with van der Waals surface area (Å²) in [4.78, 5) is 4.95. The number of aromatic nitrogens is 1. The summed E-state index contributed by atoms with van der Waals surface area (Å²) in [7, 11) is -1.96. The molecule has 4 nitrogen and oxygen atoms in total. The zero-order chi connectivity index (χ0) is 17.5. The third-order valence-corrected chi connectivity index (χ3v) is 7.49. The molecule has 0 fully saturated rings. The van der Waals surface area contributed by atoms with Crippen molar-refractivity contribution >= 4 is 31.6 Å². The molecule has 0 aliphatic heterocycles. The van der Waals surface area contributed by atoms with Crippen LogP contribution in [-0.2, 0) is 10.0 Å². The van der Waals surface area contributed by atoms with Gasteiger partial charge in [-0.15, -0.1) is 11.3 Å². The predicted octanol–water partition coefficient (Wildman–Crippen LogP) is 4.29. The highest BCUT2D eigenvalue weighted by Crippen LogP contribution is 2.32. The van der Waals surface area contributed by atoms with Crippen LogP contribution in [-0.4, -0.2) is 24.8 Å². The lowest BCUT2D eigenvalue weighted by atomic mass is 10.2. The molecular formula is C18H20N2O2S2. The van der Waals surface area contributed by atoms with Gasteiger partial charge in [-0.05, 0) is 50.1 Å². The number of fused-ring (bicyclic) bond motifs is 1. The Balaban J connectivity index is 2.00. The van der Waals surface area contributed by atoms with Gasteiger partial charge in [-0.1, -0.05) is 24.3 Å². The Bertz CT molecular complexity index is 960. The zero-order valence-corrected chi connectivity index (χ0v) is 15.8. The molecule has 0 N–H and O–H groups in total. The normalized spacial score (nSPS) is 13.5. The van der Waals surface area contributed by atoms with Gasteiger partial charge in [0.2, 0.25) is 10.0 Å². The fourth-order valence-corrected chi connectivity index (χ4v) is 5.34. The Morgan fingerprint density at radius 2 is 1.83 bits per heavy atom. The van der Waals surface area contributed by atoms with Crippen molar-refractivity contribution < 1.29 is 8.42 Å². The molecule has 2 aromatic carbocycles.